The van der Waals surface area contributed by atoms with E-state index >= 15 is 0 Å². The molecule has 1 aromatic carbocycles. The molecular formula is C17H16F3N3O3. The zero-order valence-corrected chi connectivity index (χ0v) is 13.8. The van der Waals surface area contributed by atoms with Crippen LogP contribution in [0.5, 0.6) is 0 Å². The number of halogens is 3. The number of carbonyl (C=O) groups excluding carboxylic acids is 2. The van der Waals surface area contributed by atoms with Gasteiger partial charge in [-0.3, -0.25) is 9.48 Å². The number of aromatic nitrogens is 2. The van der Waals surface area contributed by atoms with E-state index in [1.54, 1.807) is 37.3 Å². The van der Waals surface area contributed by atoms with Gasteiger partial charge >= 0.3 is 12.1 Å². The molecule has 0 bridgehead atoms. The van der Waals surface area contributed by atoms with Gasteiger partial charge in [-0.1, -0.05) is 12.1 Å². The lowest BCUT2D eigenvalue weighted by atomic mass is 10.2. The summed E-state index contributed by atoms with van der Waals surface area (Å²) in [6, 6.07) is 7.35. The lowest BCUT2D eigenvalue weighted by Gasteiger charge is -2.06. The fourth-order valence-corrected chi connectivity index (χ4v) is 1.98. The third-order valence-corrected chi connectivity index (χ3v) is 3.13. The summed E-state index contributed by atoms with van der Waals surface area (Å²) in [4.78, 5) is 23.1. The van der Waals surface area contributed by atoms with E-state index in [0.29, 0.717) is 5.69 Å². The smallest absolute Gasteiger partial charge is 0.435 e. The van der Waals surface area contributed by atoms with Gasteiger partial charge in [-0.15, -0.1) is 0 Å². The first-order valence-electron chi connectivity index (χ1n) is 7.63. The molecule has 1 amide bonds. The number of rotatable bonds is 6. The predicted molar refractivity (Wildman–Crippen MR) is 88.0 cm³/mol. The molecule has 0 aliphatic carbocycles. The van der Waals surface area contributed by atoms with Crippen molar-refractivity contribution in [3.8, 4) is 0 Å². The van der Waals surface area contributed by atoms with E-state index < -0.39 is 23.7 Å². The maximum absolute atomic E-state index is 12.5. The minimum absolute atomic E-state index is 0.287. The summed E-state index contributed by atoms with van der Waals surface area (Å²) in [6.07, 6.45) is -0.612. The Hall–Kier alpha value is -3.10. The molecule has 2 aromatic rings. The van der Waals surface area contributed by atoms with Crippen LogP contribution in [0.2, 0.25) is 0 Å². The van der Waals surface area contributed by atoms with E-state index in [1.165, 1.54) is 6.08 Å². The van der Waals surface area contributed by atoms with Gasteiger partial charge < -0.3 is 10.1 Å². The van der Waals surface area contributed by atoms with Crippen molar-refractivity contribution >= 4 is 23.6 Å². The van der Waals surface area contributed by atoms with Crippen LogP contribution in [0, 0.1) is 0 Å². The Balaban J connectivity index is 1.91. The average Bonchev–Trinajstić information content (AvgIpc) is 3.03. The number of nitrogens with zero attached hydrogens (tertiary/aromatic N) is 2. The van der Waals surface area contributed by atoms with Crippen molar-refractivity contribution in [2.45, 2.75) is 19.6 Å². The average molecular weight is 367 g/mol. The highest BCUT2D eigenvalue weighted by atomic mass is 19.4. The Morgan fingerprint density at radius 1 is 1.23 bits per heavy atom. The number of esters is 1. The lowest BCUT2D eigenvalue weighted by Crippen LogP contribution is -2.19. The third kappa shape index (κ3) is 5.76. The minimum atomic E-state index is -4.55. The molecule has 0 atom stereocenters. The van der Waals surface area contributed by atoms with Gasteiger partial charge in [-0.05, 0) is 36.8 Å². The third-order valence-electron chi connectivity index (χ3n) is 3.13. The zero-order chi connectivity index (χ0) is 19.2. The summed E-state index contributed by atoms with van der Waals surface area (Å²) in [7, 11) is 0. The molecule has 0 radical (unpaired) electrons. The second-order valence-electron chi connectivity index (χ2n) is 5.15. The molecule has 6 nitrogen and oxygen atoms in total. The number of benzene rings is 1. The molecule has 1 heterocycles. The first-order chi connectivity index (χ1) is 12.3. The molecule has 0 aliphatic rings. The van der Waals surface area contributed by atoms with Gasteiger partial charge in [0.15, 0.2) is 5.69 Å². The fraction of sp³-hybridized carbons (Fsp3) is 0.235. The van der Waals surface area contributed by atoms with Crippen molar-refractivity contribution in [1.29, 1.82) is 0 Å². The topological polar surface area (TPSA) is 73.2 Å². The molecule has 0 unspecified atom stereocenters. The Morgan fingerprint density at radius 2 is 1.92 bits per heavy atom. The molecule has 0 saturated carbocycles. The normalized spacial score (nSPS) is 11.5. The SMILES string of the molecule is CCOC(=O)/C=C/c1ccc(NC(=O)Cn2ccc(C(F)(F)F)n2)cc1. The van der Waals surface area contributed by atoms with Crippen LogP contribution < -0.4 is 5.32 Å². The summed E-state index contributed by atoms with van der Waals surface area (Å²) in [5.74, 6) is -0.973. The first kappa shape index (κ1) is 19.2. The highest BCUT2D eigenvalue weighted by Gasteiger charge is 2.33. The maximum Gasteiger partial charge on any atom is 0.435 e. The van der Waals surface area contributed by atoms with Gasteiger partial charge in [0.1, 0.15) is 6.54 Å². The van der Waals surface area contributed by atoms with Crippen molar-refractivity contribution in [2.24, 2.45) is 0 Å². The van der Waals surface area contributed by atoms with Gasteiger partial charge in [0.25, 0.3) is 0 Å². The largest absolute Gasteiger partial charge is 0.463 e. The summed E-state index contributed by atoms with van der Waals surface area (Å²) in [5.41, 5.74) is 0.132. The van der Waals surface area contributed by atoms with Crippen molar-refractivity contribution in [2.75, 3.05) is 11.9 Å². The second-order valence-corrected chi connectivity index (χ2v) is 5.15. The maximum atomic E-state index is 12.5. The summed E-state index contributed by atoms with van der Waals surface area (Å²) in [6.45, 7) is 1.64. The van der Waals surface area contributed by atoms with Gasteiger partial charge in [-0.2, -0.15) is 18.3 Å². The molecule has 1 aromatic heterocycles. The molecule has 1 N–H and O–H groups in total. The van der Waals surface area contributed by atoms with E-state index in [-0.39, 0.29) is 13.2 Å². The summed E-state index contributed by atoms with van der Waals surface area (Å²) < 4.78 is 43.1. The summed E-state index contributed by atoms with van der Waals surface area (Å²) in [5, 5.41) is 5.87. The number of ether oxygens (including phenoxy) is 1. The Kier molecular flexibility index (Phi) is 6.16. The van der Waals surface area contributed by atoms with E-state index in [0.717, 1.165) is 22.5 Å². The van der Waals surface area contributed by atoms with Crippen LogP contribution in [0.1, 0.15) is 18.2 Å². The zero-order valence-electron chi connectivity index (χ0n) is 13.8. The fourth-order valence-electron chi connectivity index (χ4n) is 1.98. The molecule has 2 rings (SSSR count). The number of alkyl halides is 3. The van der Waals surface area contributed by atoms with Crippen LogP contribution in [0.4, 0.5) is 18.9 Å². The molecule has 9 heteroatoms. The number of carbonyl (C=O) groups is 2. The van der Waals surface area contributed by atoms with Crippen LogP contribution in [0.15, 0.2) is 42.6 Å². The van der Waals surface area contributed by atoms with Crippen molar-refractivity contribution in [3.05, 3.63) is 53.9 Å². The molecule has 138 valence electrons. The van der Waals surface area contributed by atoms with Gasteiger partial charge in [-0.25, -0.2) is 4.79 Å². The van der Waals surface area contributed by atoms with Gasteiger partial charge in [0, 0.05) is 18.0 Å². The highest BCUT2D eigenvalue weighted by Crippen LogP contribution is 2.27. The Morgan fingerprint density at radius 3 is 2.50 bits per heavy atom. The van der Waals surface area contributed by atoms with Crippen LogP contribution in [0.3, 0.4) is 0 Å². The predicted octanol–water partition coefficient (Wildman–Crippen LogP) is 3.12. The van der Waals surface area contributed by atoms with Crippen LogP contribution >= 0.6 is 0 Å². The summed E-state index contributed by atoms with van der Waals surface area (Å²) >= 11 is 0. The lowest BCUT2D eigenvalue weighted by molar-refractivity contribution is -0.141. The second kappa shape index (κ2) is 8.32. The van der Waals surface area contributed by atoms with Crippen molar-refractivity contribution in [3.63, 3.8) is 0 Å². The molecule has 26 heavy (non-hydrogen) atoms. The number of nitrogens with one attached hydrogen (secondary N) is 1. The minimum Gasteiger partial charge on any atom is -0.463 e. The van der Waals surface area contributed by atoms with Crippen LogP contribution in [-0.4, -0.2) is 28.3 Å². The molecule has 0 spiro atoms. The Bertz CT molecular complexity index is 796. The molecule has 0 aliphatic heterocycles. The standard InChI is InChI=1S/C17H16F3N3O3/c1-2-26-16(25)8-5-12-3-6-13(7-4-12)21-15(24)11-23-10-9-14(22-23)17(18,19)20/h3-10H,2,11H2,1H3,(H,21,24)/b8-5+. The van der Waals surface area contributed by atoms with E-state index in [1.807, 2.05) is 0 Å². The van der Waals surface area contributed by atoms with Gasteiger partial charge in [0.2, 0.25) is 5.91 Å². The number of anilines is 1. The highest BCUT2D eigenvalue weighted by molar-refractivity contribution is 5.91. The first-order valence-corrected chi connectivity index (χ1v) is 7.63. The van der Waals surface area contributed by atoms with E-state index in [2.05, 4.69) is 10.4 Å². The van der Waals surface area contributed by atoms with Crippen molar-refractivity contribution < 1.29 is 27.5 Å². The van der Waals surface area contributed by atoms with Gasteiger partial charge in [0.05, 0.1) is 6.61 Å². The number of amides is 1. The quantitative estimate of drug-likeness (QED) is 0.629. The van der Waals surface area contributed by atoms with Crippen LogP contribution in [0.25, 0.3) is 6.08 Å². The van der Waals surface area contributed by atoms with E-state index in [4.69, 9.17) is 4.74 Å². The molecule has 0 fully saturated rings. The molecular weight excluding hydrogens is 351 g/mol. The van der Waals surface area contributed by atoms with E-state index in [9.17, 15) is 22.8 Å². The van der Waals surface area contributed by atoms with Crippen molar-refractivity contribution in [1.82, 2.24) is 9.78 Å². The Labute approximate surface area is 147 Å². The number of hydrogen-bond donors (Lipinski definition) is 1. The monoisotopic (exact) mass is 367 g/mol. The number of hydrogen-bond acceptors (Lipinski definition) is 4. The molecule has 0 saturated heterocycles. The van der Waals surface area contributed by atoms with Crippen LogP contribution in [-0.2, 0) is 27.0 Å².